The second-order valence-corrected chi connectivity index (χ2v) is 5.64. The Morgan fingerprint density at radius 1 is 1.56 bits per heavy atom. The molecule has 0 aliphatic rings. The first-order chi connectivity index (χ1) is 8.36. The number of anilines is 1. The van der Waals surface area contributed by atoms with E-state index in [0.717, 1.165) is 0 Å². The number of hydrogen-bond donors (Lipinski definition) is 3. The molecule has 1 aromatic carbocycles. The van der Waals surface area contributed by atoms with Crippen LogP contribution in [0.25, 0.3) is 0 Å². The van der Waals surface area contributed by atoms with Gasteiger partial charge in [0.15, 0.2) is 0 Å². The molecule has 0 aromatic heterocycles. The van der Waals surface area contributed by atoms with Crippen molar-refractivity contribution in [3.8, 4) is 6.07 Å². The number of nitrogens with zero attached hydrogens (tertiary/aromatic N) is 1. The van der Waals surface area contributed by atoms with E-state index in [2.05, 4.69) is 4.72 Å². The Balaban J connectivity index is 2.95. The maximum Gasteiger partial charge on any atom is 0.241 e. The van der Waals surface area contributed by atoms with Gasteiger partial charge in [-0.3, -0.25) is 0 Å². The van der Waals surface area contributed by atoms with Gasteiger partial charge >= 0.3 is 0 Å². The fourth-order valence-corrected chi connectivity index (χ4v) is 2.53. The van der Waals surface area contributed by atoms with Crippen LogP contribution in [0.5, 0.6) is 0 Å². The van der Waals surface area contributed by atoms with E-state index in [9.17, 15) is 8.42 Å². The number of aliphatic hydroxyl groups excluding tert-OH is 1. The van der Waals surface area contributed by atoms with Crippen molar-refractivity contribution in [1.82, 2.24) is 4.72 Å². The van der Waals surface area contributed by atoms with Crippen LogP contribution < -0.4 is 10.5 Å². The Kier molecular flexibility index (Phi) is 4.67. The molecule has 18 heavy (non-hydrogen) atoms. The Hall–Kier alpha value is -1.62. The number of nitrogen functional groups attached to an aromatic ring is 1. The number of nitrogens with two attached hydrogens (primary N) is 1. The van der Waals surface area contributed by atoms with Crippen LogP contribution in [0.4, 0.5) is 5.69 Å². The Bertz CT molecular complexity index is 561. The van der Waals surface area contributed by atoms with E-state index in [1.165, 1.54) is 18.2 Å². The standard InChI is InChI=1S/C11H15N3O3S/c1-8(15)4-5-14-18(16,17)11-3-2-10(13)6-9(11)7-12/h2-3,6,8,14-15H,4-5,13H2,1H3. The summed E-state index contributed by atoms with van der Waals surface area (Å²) in [6, 6.07) is 5.81. The summed E-state index contributed by atoms with van der Waals surface area (Å²) in [7, 11) is -3.75. The Labute approximate surface area is 106 Å². The van der Waals surface area contributed by atoms with Crippen molar-refractivity contribution in [1.29, 1.82) is 5.26 Å². The third kappa shape index (κ3) is 3.70. The summed E-state index contributed by atoms with van der Waals surface area (Å²) in [6.45, 7) is 1.67. The molecule has 0 fully saturated rings. The molecule has 0 aliphatic heterocycles. The van der Waals surface area contributed by atoms with Crippen LogP contribution in [-0.2, 0) is 10.0 Å². The molecule has 1 unspecified atom stereocenters. The molecule has 1 aromatic rings. The number of rotatable bonds is 5. The quantitative estimate of drug-likeness (QED) is 0.660. The van der Waals surface area contributed by atoms with Crippen LogP contribution in [0, 0.1) is 11.3 Å². The van der Waals surface area contributed by atoms with Crippen LogP contribution >= 0.6 is 0 Å². The highest BCUT2D eigenvalue weighted by molar-refractivity contribution is 7.89. The lowest BCUT2D eigenvalue weighted by Gasteiger charge is -2.09. The first kappa shape index (κ1) is 14.4. The topological polar surface area (TPSA) is 116 Å². The predicted molar refractivity (Wildman–Crippen MR) is 67.1 cm³/mol. The minimum Gasteiger partial charge on any atom is -0.399 e. The average Bonchev–Trinajstić information content (AvgIpc) is 2.27. The average molecular weight is 269 g/mol. The van der Waals surface area contributed by atoms with Crippen LogP contribution in [0.2, 0.25) is 0 Å². The van der Waals surface area contributed by atoms with E-state index in [-0.39, 0.29) is 17.0 Å². The van der Waals surface area contributed by atoms with Crippen LogP contribution in [0.15, 0.2) is 23.1 Å². The van der Waals surface area contributed by atoms with Crippen molar-refractivity contribution in [2.75, 3.05) is 12.3 Å². The van der Waals surface area contributed by atoms with E-state index in [0.29, 0.717) is 12.1 Å². The van der Waals surface area contributed by atoms with Gasteiger partial charge in [-0.1, -0.05) is 0 Å². The summed E-state index contributed by atoms with van der Waals surface area (Å²) in [4.78, 5) is -0.107. The van der Waals surface area contributed by atoms with Gasteiger partial charge in [0.25, 0.3) is 0 Å². The van der Waals surface area contributed by atoms with Crippen LogP contribution in [0.3, 0.4) is 0 Å². The highest BCUT2D eigenvalue weighted by Gasteiger charge is 2.18. The molecule has 0 radical (unpaired) electrons. The second-order valence-electron chi connectivity index (χ2n) is 3.90. The van der Waals surface area contributed by atoms with Gasteiger partial charge in [-0.05, 0) is 31.5 Å². The van der Waals surface area contributed by atoms with E-state index in [1.807, 2.05) is 0 Å². The summed E-state index contributed by atoms with van der Waals surface area (Å²) >= 11 is 0. The van der Waals surface area contributed by atoms with Crippen molar-refractivity contribution < 1.29 is 13.5 Å². The molecule has 0 saturated carbocycles. The molecule has 0 heterocycles. The normalized spacial score (nSPS) is 12.9. The molecule has 6 nitrogen and oxygen atoms in total. The molecule has 0 amide bonds. The predicted octanol–water partition coefficient (Wildman–Crippen LogP) is 0.190. The first-order valence-corrected chi connectivity index (χ1v) is 6.82. The number of aliphatic hydroxyl groups is 1. The first-order valence-electron chi connectivity index (χ1n) is 5.34. The van der Waals surface area contributed by atoms with Gasteiger partial charge in [0.2, 0.25) is 10.0 Å². The molecule has 0 bridgehead atoms. The minimum atomic E-state index is -3.75. The molecule has 1 atom stereocenters. The molecule has 0 saturated heterocycles. The van der Waals surface area contributed by atoms with E-state index >= 15 is 0 Å². The number of hydrogen-bond acceptors (Lipinski definition) is 5. The maximum absolute atomic E-state index is 11.9. The van der Waals surface area contributed by atoms with Crippen LogP contribution in [0.1, 0.15) is 18.9 Å². The fraction of sp³-hybridized carbons (Fsp3) is 0.364. The van der Waals surface area contributed by atoms with Crippen molar-refractivity contribution in [2.24, 2.45) is 0 Å². The highest BCUT2D eigenvalue weighted by atomic mass is 32.2. The molecule has 7 heteroatoms. The number of sulfonamides is 1. The second kappa shape index (κ2) is 5.82. The lowest BCUT2D eigenvalue weighted by molar-refractivity contribution is 0.186. The van der Waals surface area contributed by atoms with E-state index in [4.69, 9.17) is 16.1 Å². The summed E-state index contributed by atoms with van der Waals surface area (Å²) < 4.78 is 26.2. The Morgan fingerprint density at radius 3 is 2.78 bits per heavy atom. The third-order valence-corrected chi connectivity index (χ3v) is 3.79. The van der Waals surface area contributed by atoms with Gasteiger partial charge in [-0.15, -0.1) is 0 Å². The van der Waals surface area contributed by atoms with Gasteiger partial charge in [0.05, 0.1) is 16.6 Å². The summed E-state index contributed by atoms with van der Waals surface area (Å²) in [6.07, 6.45) is -0.287. The zero-order chi connectivity index (χ0) is 13.8. The van der Waals surface area contributed by atoms with E-state index in [1.54, 1.807) is 13.0 Å². The van der Waals surface area contributed by atoms with Crippen molar-refractivity contribution in [3.05, 3.63) is 23.8 Å². The van der Waals surface area contributed by atoms with Gasteiger partial charge in [0, 0.05) is 12.2 Å². The lowest BCUT2D eigenvalue weighted by atomic mass is 10.2. The SMILES string of the molecule is CC(O)CCNS(=O)(=O)c1ccc(N)cc1C#N. The van der Waals surface area contributed by atoms with Gasteiger partial charge in [-0.25, -0.2) is 13.1 Å². The molecular weight excluding hydrogens is 254 g/mol. The summed E-state index contributed by atoms with van der Waals surface area (Å²) in [5, 5.41) is 17.9. The molecule has 4 N–H and O–H groups in total. The van der Waals surface area contributed by atoms with Crippen molar-refractivity contribution in [3.63, 3.8) is 0 Å². The largest absolute Gasteiger partial charge is 0.399 e. The highest BCUT2D eigenvalue weighted by Crippen LogP contribution is 2.17. The van der Waals surface area contributed by atoms with Gasteiger partial charge in [-0.2, -0.15) is 5.26 Å². The number of benzene rings is 1. The third-order valence-electron chi connectivity index (χ3n) is 2.27. The monoisotopic (exact) mass is 269 g/mol. The maximum atomic E-state index is 11.9. The lowest BCUT2D eigenvalue weighted by Crippen LogP contribution is -2.27. The van der Waals surface area contributed by atoms with Crippen molar-refractivity contribution >= 4 is 15.7 Å². The van der Waals surface area contributed by atoms with Crippen LogP contribution in [-0.4, -0.2) is 26.2 Å². The Morgan fingerprint density at radius 2 is 2.22 bits per heavy atom. The summed E-state index contributed by atoms with van der Waals surface area (Å²) in [5.41, 5.74) is 5.81. The van der Waals surface area contributed by atoms with Crippen molar-refractivity contribution in [2.45, 2.75) is 24.3 Å². The smallest absolute Gasteiger partial charge is 0.241 e. The number of nitrogens with one attached hydrogen (secondary N) is 1. The number of nitriles is 1. The van der Waals surface area contributed by atoms with E-state index < -0.39 is 16.1 Å². The van der Waals surface area contributed by atoms with Gasteiger partial charge in [0.1, 0.15) is 6.07 Å². The molecule has 1 rings (SSSR count). The molecule has 98 valence electrons. The molecule has 0 aliphatic carbocycles. The molecule has 0 spiro atoms. The zero-order valence-corrected chi connectivity index (χ0v) is 10.7. The zero-order valence-electron chi connectivity index (χ0n) is 9.92. The summed E-state index contributed by atoms with van der Waals surface area (Å²) in [5.74, 6) is 0. The fourth-order valence-electron chi connectivity index (χ4n) is 1.35. The van der Waals surface area contributed by atoms with Gasteiger partial charge < -0.3 is 10.8 Å². The minimum absolute atomic E-state index is 0.000420. The molecular formula is C11H15N3O3S.